The summed E-state index contributed by atoms with van der Waals surface area (Å²) in [5.74, 6) is -0.581. The van der Waals surface area contributed by atoms with E-state index in [1.807, 2.05) is 4.90 Å². The van der Waals surface area contributed by atoms with E-state index < -0.39 is 23.9 Å². The SMILES string of the molecule is O=c1ccn(CC(F)(F)F)c(CN2CCCCC2)c1O. The van der Waals surface area contributed by atoms with Crippen LogP contribution in [0.5, 0.6) is 5.75 Å². The molecule has 0 bridgehead atoms. The van der Waals surface area contributed by atoms with Crippen LogP contribution in [0.4, 0.5) is 13.2 Å². The normalized spacial score (nSPS) is 17.4. The van der Waals surface area contributed by atoms with Gasteiger partial charge in [0.25, 0.3) is 0 Å². The summed E-state index contributed by atoms with van der Waals surface area (Å²) in [5, 5.41) is 9.78. The Bertz CT molecular complexity index is 519. The predicted octanol–water partition coefficient (Wildman–Crippen LogP) is 2.10. The molecule has 1 aromatic rings. The standard InChI is InChI=1S/C13H17F3N2O2/c14-13(15,16)9-18-7-4-11(19)12(20)10(18)8-17-5-2-1-3-6-17/h4,7,20H,1-3,5-6,8-9H2. The molecule has 7 heteroatoms. The molecule has 0 aliphatic carbocycles. The van der Waals surface area contributed by atoms with Gasteiger partial charge in [-0.2, -0.15) is 13.2 Å². The lowest BCUT2D eigenvalue weighted by molar-refractivity contribution is -0.141. The van der Waals surface area contributed by atoms with Crippen molar-refractivity contribution in [2.75, 3.05) is 13.1 Å². The zero-order chi connectivity index (χ0) is 14.8. The highest BCUT2D eigenvalue weighted by atomic mass is 19.4. The van der Waals surface area contributed by atoms with E-state index >= 15 is 0 Å². The minimum Gasteiger partial charge on any atom is -0.503 e. The van der Waals surface area contributed by atoms with E-state index in [1.54, 1.807) is 0 Å². The first-order chi connectivity index (χ1) is 9.37. The Balaban J connectivity index is 2.27. The Labute approximate surface area is 114 Å². The van der Waals surface area contributed by atoms with Gasteiger partial charge in [0.2, 0.25) is 5.43 Å². The van der Waals surface area contributed by atoms with Crippen LogP contribution in [0.1, 0.15) is 25.0 Å². The molecule has 4 nitrogen and oxygen atoms in total. The van der Waals surface area contributed by atoms with Crippen molar-refractivity contribution < 1.29 is 18.3 Å². The summed E-state index contributed by atoms with van der Waals surface area (Å²) in [6.07, 6.45) is -0.228. The monoisotopic (exact) mass is 290 g/mol. The average Bonchev–Trinajstić information content (AvgIpc) is 2.38. The molecular weight excluding hydrogens is 273 g/mol. The molecule has 1 fully saturated rings. The van der Waals surface area contributed by atoms with E-state index in [2.05, 4.69) is 0 Å². The number of likely N-dealkylation sites (tertiary alicyclic amines) is 1. The van der Waals surface area contributed by atoms with Gasteiger partial charge in [-0.15, -0.1) is 0 Å². The topological polar surface area (TPSA) is 45.5 Å². The van der Waals surface area contributed by atoms with Gasteiger partial charge >= 0.3 is 6.18 Å². The van der Waals surface area contributed by atoms with Crippen LogP contribution < -0.4 is 5.43 Å². The zero-order valence-electron chi connectivity index (χ0n) is 11.0. The average molecular weight is 290 g/mol. The third-order valence-corrected chi connectivity index (χ3v) is 3.43. The number of nitrogens with zero attached hydrogens (tertiary/aromatic N) is 2. The van der Waals surface area contributed by atoms with Gasteiger partial charge in [-0.3, -0.25) is 9.69 Å². The quantitative estimate of drug-likeness (QED) is 0.927. The Kier molecular flexibility index (Phi) is 4.37. The molecular formula is C13H17F3N2O2. The lowest BCUT2D eigenvalue weighted by atomic mass is 10.1. The summed E-state index contributed by atoms with van der Waals surface area (Å²) in [7, 11) is 0. The number of piperidine rings is 1. The van der Waals surface area contributed by atoms with Gasteiger partial charge in [-0.25, -0.2) is 0 Å². The molecule has 1 aromatic heterocycles. The number of hydrogen-bond donors (Lipinski definition) is 1. The van der Waals surface area contributed by atoms with Crippen molar-refractivity contribution in [3.05, 3.63) is 28.2 Å². The molecule has 20 heavy (non-hydrogen) atoms. The van der Waals surface area contributed by atoms with Gasteiger partial charge in [0.05, 0.1) is 5.69 Å². The largest absolute Gasteiger partial charge is 0.503 e. The first kappa shape index (κ1) is 14.9. The highest BCUT2D eigenvalue weighted by Crippen LogP contribution is 2.23. The van der Waals surface area contributed by atoms with Crippen molar-refractivity contribution in [3.63, 3.8) is 0 Å². The number of pyridine rings is 1. The van der Waals surface area contributed by atoms with Gasteiger partial charge in [0.15, 0.2) is 5.75 Å². The second-order valence-electron chi connectivity index (χ2n) is 5.06. The number of aromatic hydroxyl groups is 1. The minimum absolute atomic E-state index is 0.0386. The second-order valence-corrected chi connectivity index (χ2v) is 5.06. The van der Waals surface area contributed by atoms with Gasteiger partial charge in [0.1, 0.15) is 6.54 Å². The molecule has 2 heterocycles. The molecule has 1 saturated heterocycles. The highest BCUT2D eigenvalue weighted by molar-refractivity contribution is 5.26. The number of aromatic nitrogens is 1. The van der Waals surface area contributed by atoms with E-state index in [-0.39, 0.29) is 12.2 Å². The minimum atomic E-state index is -4.39. The lowest BCUT2D eigenvalue weighted by Gasteiger charge is -2.28. The fourth-order valence-electron chi connectivity index (χ4n) is 2.44. The number of rotatable bonds is 3. The summed E-state index contributed by atoms with van der Waals surface area (Å²) in [4.78, 5) is 13.4. The van der Waals surface area contributed by atoms with Crippen molar-refractivity contribution in [2.45, 2.75) is 38.5 Å². The van der Waals surface area contributed by atoms with Crippen molar-refractivity contribution in [2.24, 2.45) is 0 Å². The maximum Gasteiger partial charge on any atom is 0.406 e. The van der Waals surface area contributed by atoms with E-state index in [1.165, 1.54) is 0 Å². The number of hydrogen-bond acceptors (Lipinski definition) is 3. The van der Waals surface area contributed by atoms with Crippen LogP contribution in [0.25, 0.3) is 0 Å². The number of alkyl halides is 3. The predicted molar refractivity (Wildman–Crippen MR) is 67.5 cm³/mol. The highest BCUT2D eigenvalue weighted by Gasteiger charge is 2.29. The number of halogens is 3. The first-order valence-corrected chi connectivity index (χ1v) is 6.57. The Morgan fingerprint density at radius 2 is 1.85 bits per heavy atom. The van der Waals surface area contributed by atoms with Gasteiger partial charge in [0, 0.05) is 18.8 Å². The fourth-order valence-corrected chi connectivity index (χ4v) is 2.44. The fraction of sp³-hybridized carbons (Fsp3) is 0.615. The molecule has 1 aliphatic rings. The van der Waals surface area contributed by atoms with E-state index in [0.717, 1.165) is 49.2 Å². The molecule has 1 aliphatic heterocycles. The Morgan fingerprint density at radius 3 is 2.45 bits per heavy atom. The Hall–Kier alpha value is -1.50. The maximum absolute atomic E-state index is 12.5. The summed E-state index contributed by atoms with van der Waals surface area (Å²) in [5.41, 5.74) is -0.604. The third kappa shape index (κ3) is 3.75. The first-order valence-electron chi connectivity index (χ1n) is 6.57. The van der Waals surface area contributed by atoms with Crippen LogP contribution in [0.3, 0.4) is 0 Å². The molecule has 0 unspecified atom stereocenters. The molecule has 1 N–H and O–H groups in total. The second kappa shape index (κ2) is 5.87. The van der Waals surface area contributed by atoms with Gasteiger partial charge < -0.3 is 9.67 Å². The lowest BCUT2D eigenvalue weighted by Crippen LogP contribution is -2.32. The van der Waals surface area contributed by atoms with Crippen LogP contribution in [0.2, 0.25) is 0 Å². The molecule has 0 saturated carbocycles. The molecule has 0 spiro atoms. The molecule has 0 atom stereocenters. The van der Waals surface area contributed by atoms with Crippen LogP contribution >= 0.6 is 0 Å². The van der Waals surface area contributed by atoms with Crippen LogP contribution in [-0.2, 0) is 13.1 Å². The summed E-state index contributed by atoms with van der Waals surface area (Å²) in [6.45, 7) is 0.505. The summed E-state index contributed by atoms with van der Waals surface area (Å²) in [6, 6.07) is 0.959. The van der Waals surface area contributed by atoms with E-state index in [4.69, 9.17) is 0 Å². The maximum atomic E-state index is 12.5. The zero-order valence-corrected chi connectivity index (χ0v) is 11.0. The summed E-state index contributed by atoms with van der Waals surface area (Å²) < 4.78 is 38.5. The molecule has 0 amide bonds. The van der Waals surface area contributed by atoms with Crippen molar-refractivity contribution in [1.29, 1.82) is 0 Å². The van der Waals surface area contributed by atoms with E-state index in [9.17, 15) is 23.1 Å². The van der Waals surface area contributed by atoms with Crippen molar-refractivity contribution >= 4 is 0 Å². The molecule has 2 rings (SSSR count). The van der Waals surface area contributed by atoms with Gasteiger partial charge in [-0.05, 0) is 25.9 Å². The van der Waals surface area contributed by atoms with Crippen LogP contribution in [-0.4, -0.2) is 33.8 Å². The molecule has 0 radical (unpaired) electrons. The van der Waals surface area contributed by atoms with Gasteiger partial charge in [-0.1, -0.05) is 6.42 Å². The molecule has 0 aromatic carbocycles. The Morgan fingerprint density at radius 1 is 1.20 bits per heavy atom. The van der Waals surface area contributed by atoms with Crippen molar-refractivity contribution in [1.82, 2.24) is 9.47 Å². The smallest absolute Gasteiger partial charge is 0.406 e. The molecule has 112 valence electrons. The van der Waals surface area contributed by atoms with Crippen LogP contribution in [0.15, 0.2) is 17.1 Å². The third-order valence-electron chi connectivity index (χ3n) is 3.43. The summed E-state index contributed by atoms with van der Waals surface area (Å²) >= 11 is 0. The van der Waals surface area contributed by atoms with E-state index in [0.29, 0.717) is 0 Å². The van der Waals surface area contributed by atoms with Crippen molar-refractivity contribution in [3.8, 4) is 5.75 Å². The van der Waals surface area contributed by atoms with Crippen LogP contribution in [0, 0.1) is 0 Å².